The van der Waals surface area contributed by atoms with Crippen LogP contribution >= 0.6 is 0 Å². The highest BCUT2D eigenvalue weighted by atomic mass is 16.7. The molecule has 0 spiro atoms. The molecule has 1 fully saturated rings. The highest BCUT2D eigenvalue weighted by molar-refractivity contribution is 6.62. The molecule has 0 bridgehead atoms. The average molecular weight is 327 g/mol. The molecule has 0 saturated carbocycles. The van der Waals surface area contributed by atoms with Gasteiger partial charge in [-0.25, -0.2) is 0 Å². The molecule has 0 unspecified atom stereocenters. The minimum Gasteiger partial charge on any atom is -0.467 e. The number of nitrogens with one attached hydrogen (secondary N) is 1. The van der Waals surface area contributed by atoms with E-state index in [0.29, 0.717) is 12.1 Å². The van der Waals surface area contributed by atoms with E-state index in [1.54, 1.807) is 24.5 Å². The third-order valence-corrected chi connectivity index (χ3v) is 4.70. The first kappa shape index (κ1) is 16.8. The maximum atomic E-state index is 12.2. The van der Waals surface area contributed by atoms with Crippen LogP contribution in [0.1, 0.15) is 43.8 Å². The third kappa shape index (κ3) is 3.25. The normalized spacial score (nSPS) is 18.6. The van der Waals surface area contributed by atoms with Gasteiger partial charge in [0.1, 0.15) is 5.76 Å². The van der Waals surface area contributed by atoms with Gasteiger partial charge in [-0.15, -0.1) is 0 Å². The maximum Gasteiger partial charge on any atom is 0.494 e. The minimum absolute atomic E-state index is 0.146. The van der Waals surface area contributed by atoms with Crippen LogP contribution < -0.4 is 10.8 Å². The average Bonchev–Trinajstić information content (AvgIpc) is 3.11. The van der Waals surface area contributed by atoms with Crippen LogP contribution in [0, 0.1) is 0 Å². The molecule has 1 aliphatic rings. The molecular formula is C18H22BNO4. The van der Waals surface area contributed by atoms with Crippen LogP contribution in [0.15, 0.2) is 47.1 Å². The first-order valence-electron chi connectivity index (χ1n) is 8.05. The summed E-state index contributed by atoms with van der Waals surface area (Å²) in [5, 5.41) is 2.82. The number of benzene rings is 1. The monoisotopic (exact) mass is 327 g/mol. The van der Waals surface area contributed by atoms with E-state index in [9.17, 15) is 4.79 Å². The fraction of sp³-hybridized carbons (Fsp3) is 0.389. The Balaban J connectivity index is 1.64. The number of hydrogen-bond donors (Lipinski definition) is 1. The van der Waals surface area contributed by atoms with E-state index in [0.717, 1.165) is 11.2 Å². The number of furan rings is 1. The van der Waals surface area contributed by atoms with E-state index >= 15 is 0 Å². The van der Waals surface area contributed by atoms with Crippen LogP contribution in [0.5, 0.6) is 0 Å². The van der Waals surface area contributed by atoms with Crippen LogP contribution in [0.3, 0.4) is 0 Å². The molecule has 0 aliphatic carbocycles. The second-order valence-corrected chi connectivity index (χ2v) is 6.97. The number of rotatable bonds is 4. The third-order valence-electron chi connectivity index (χ3n) is 4.70. The predicted molar refractivity (Wildman–Crippen MR) is 92.0 cm³/mol. The molecule has 5 nitrogen and oxygen atoms in total. The highest BCUT2D eigenvalue weighted by Gasteiger charge is 2.51. The standard InChI is InChI=1S/C18H22BNO4/c1-17(2)18(3,4)24-19(23-17)14-9-7-13(8-10-14)16(21)20-12-15-6-5-11-22-15/h5-11H,12H2,1-4H3,(H,20,21). The van der Waals surface area contributed by atoms with Crippen molar-refractivity contribution >= 4 is 18.5 Å². The van der Waals surface area contributed by atoms with Gasteiger partial charge in [0.15, 0.2) is 0 Å². The molecule has 3 rings (SSSR count). The maximum absolute atomic E-state index is 12.2. The van der Waals surface area contributed by atoms with Crippen LogP contribution in [0.4, 0.5) is 0 Å². The first-order chi connectivity index (χ1) is 11.3. The zero-order valence-corrected chi connectivity index (χ0v) is 14.5. The summed E-state index contributed by atoms with van der Waals surface area (Å²) in [4.78, 5) is 12.2. The lowest BCUT2D eigenvalue weighted by Crippen LogP contribution is -2.41. The van der Waals surface area contributed by atoms with Crippen LogP contribution in [0.25, 0.3) is 0 Å². The molecule has 0 radical (unpaired) electrons. The van der Waals surface area contributed by atoms with E-state index in [-0.39, 0.29) is 17.1 Å². The lowest BCUT2D eigenvalue weighted by molar-refractivity contribution is 0.00578. The SMILES string of the molecule is CC1(C)OB(c2ccc(C(=O)NCc3ccco3)cc2)OC1(C)C. The van der Waals surface area contributed by atoms with Crippen molar-refractivity contribution in [1.29, 1.82) is 0 Å². The van der Waals surface area contributed by atoms with E-state index in [2.05, 4.69) is 5.32 Å². The fourth-order valence-electron chi connectivity index (χ4n) is 2.45. The molecule has 1 aromatic heterocycles. The van der Waals surface area contributed by atoms with Gasteiger partial charge < -0.3 is 19.0 Å². The van der Waals surface area contributed by atoms with Crippen molar-refractivity contribution in [3.05, 3.63) is 54.0 Å². The molecule has 6 heteroatoms. The second-order valence-electron chi connectivity index (χ2n) is 6.97. The lowest BCUT2D eigenvalue weighted by Gasteiger charge is -2.32. The molecule has 1 aliphatic heterocycles. The Morgan fingerprint density at radius 2 is 1.67 bits per heavy atom. The molecule has 2 aromatic rings. The van der Waals surface area contributed by atoms with Crippen LogP contribution in [-0.4, -0.2) is 24.2 Å². The summed E-state index contributed by atoms with van der Waals surface area (Å²) < 4.78 is 17.2. The summed E-state index contributed by atoms with van der Waals surface area (Å²) in [6.07, 6.45) is 1.58. The minimum atomic E-state index is -0.421. The molecule has 2 heterocycles. The molecule has 0 atom stereocenters. The van der Waals surface area contributed by atoms with Crippen molar-refractivity contribution in [2.45, 2.75) is 45.4 Å². The Kier molecular flexibility index (Phi) is 4.28. The molecule has 1 saturated heterocycles. The van der Waals surface area contributed by atoms with Crippen molar-refractivity contribution in [3.63, 3.8) is 0 Å². The molecule has 1 aromatic carbocycles. The Morgan fingerprint density at radius 1 is 1.04 bits per heavy atom. The van der Waals surface area contributed by atoms with Crippen molar-refractivity contribution in [3.8, 4) is 0 Å². The van der Waals surface area contributed by atoms with Gasteiger partial charge in [-0.05, 0) is 57.4 Å². The largest absolute Gasteiger partial charge is 0.494 e. The predicted octanol–water partition coefficient (Wildman–Crippen LogP) is 2.51. The van der Waals surface area contributed by atoms with Crippen molar-refractivity contribution < 1.29 is 18.5 Å². The van der Waals surface area contributed by atoms with E-state index < -0.39 is 7.12 Å². The van der Waals surface area contributed by atoms with Crippen molar-refractivity contribution in [1.82, 2.24) is 5.32 Å². The molecule has 1 N–H and O–H groups in total. The van der Waals surface area contributed by atoms with Gasteiger partial charge in [0, 0.05) is 5.56 Å². The summed E-state index contributed by atoms with van der Waals surface area (Å²) in [5.74, 6) is 0.573. The zero-order valence-electron chi connectivity index (χ0n) is 14.5. The van der Waals surface area contributed by atoms with Gasteiger partial charge in [0.05, 0.1) is 24.0 Å². The van der Waals surface area contributed by atoms with E-state index in [4.69, 9.17) is 13.7 Å². The van der Waals surface area contributed by atoms with Crippen LogP contribution in [-0.2, 0) is 15.9 Å². The number of carbonyl (C=O) groups is 1. The zero-order chi connectivity index (χ0) is 17.4. The Labute approximate surface area is 142 Å². The van der Waals surface area contributed by atoms with Gasteiger partial charge in [-0.3, -0.25) is 4.79 Å². The Hall–Kier alpha value is -2.05. The Morgan fingerprint density at radius 3 is 2.21 bits per heavy atom. The number of hydrogen-bond acceptors (Lipinski definition) is 4. The van der Waals surface area contributed by atoms with Gasteiger partial charge in [0.2, 0.25) is 0 Å². The topological polar surface area (TPSA) is 60.7 Å². The smallest absolute Gasteiger partial charge is 0.467 e. The van der Waals surface area contributed by atoms with Gasteiger partial charge in [0.25, 0.3) is 5.91 Å². The summed E-state index contributed by atoms with van der Waals surface area (Å²) >= 11 is 0. The first-order valence-corrected chi connectivity index (χ1v) is 8.05. The fourth-order valence-corrected chi connectivity index (χ4v) is 2.45. The van der Waals surface area contributed by atoms with Crippen molar-refractivity contribution in [2.24, 2.45) is 0 Å². The molecule has 1 amide bonds. The van der Waals surface area contributed by atoms with Gasteiger partial charge >= 0.3 is 7.12 Å². The second kappa shape index (κ2) is 6.11. The van der Waals surface area contributed by atoms with Crippen LogP contribution in [0.2, 0.25) is 0 Å². The molecule has 126 valence electrons. The number of amides is 1. The van der Waals surface area contributed by atoms with E-state index in [1.807, 2.05) is 45.9 Å². The Bertz CT molecular complexity index is 691. The molecular weight excluding hydrogens is 305 g/mol. The van der Waals surface area contributed by atoms with E-state index in [1.165, 1.54) is 0 Å². The highest BCUT2D eigenvalue weighted by Crippen LogP contribution is 2.36. The number of carbonyl (C=O) groups excluding carboxylic acids is 1. The van der Waals surface area contributed by atoms with Gasteiger partial charge in [-0.1, -0.05) is 12.1 Å². The van der Waals surface area contributed by atoms with Gasteiger partial charge in [-0.2, -0.15) is 0 Å². The quantitative estimate of drug-likeness (QED) is 0.877. The molecule has 24 heavy (non-hydrogen) atoms. The van der Waals surface area contributed by atoms with Crippen molar-refractivity contribution in [2.75, 3.05) is 0 Å². The summed E-state index contributed by atoms with van der Waals surface area (Å²) in [6.45, 7) is 8.44. The summed E-state index contributed by atoms with van der Waals surface area (Å²) in [5.41, 5.74) is 0.728. The summed E-state index contributed by atoms with van der Waals surface area (Å²) in [6, 6.07) is 10.9. The summed E-state index contributed by atoms with van der Waals surface area (Å²) in [7, 11) is -0.421. The lowest BCUT2D eigenvalue weighted by atomic mass is 9.79.